The molecular weight excluding hydrogens is 346 g/mol. The molecule has 0 amide bonds. The van der Waals surface area contributed by atoms with E-state index in [1.54, 1.807) is 0 Å². The molecule has 2 aromatic heterocycles. The van der Waals surface area contributed by atoms with Crippen molar-refractivity contribution in [3.8, 4) is 0 Å². The molecule has 1 unspecified atom stereocenters. The van der Waals surface area contributed by atoms with Crippen LogP contribution in [0.1, 0.15) is 30.0 Å². The molecule has 3 aromatic rings. The molecule has 1 N–H and O–H groups in total. The van der Waals surface area contributed by atoms with Gasteiger partial charge in [-0.05, 0) is 46.9 Å². The number of aryl methyl sites for hydroxylation is 1. The minimum Gasteiger partial charge on any atom is -0.307 e. The maximum absolute atomic E-state index is 4.49. The van der Waals surface area contributed by atoms with Gasteiger partial charge in [0.1, 0.15) is 0 Å². The Morgan fingerprint density at radius 2 is 2.19 bits per heavy atom. The van der Waals surface area contributed by atoms with Crippen LogP contribution in [-0.4, -0.2) is 16.8 Å². The molecule has 0 saturated heterocycles. The van der Waals surface area contributed by atoms with E-state index in [1.807, 2.05) is 24.6 Å². The van der Waals surface area contributed by atoms with Crippen molar-refractivity contribution in [1.29, 1.82) is 0 Å². The fourth-order valence-corrected chi connectivity index (χ4v) is 4.31. The minimum absolute atomic E-state index is 0.158. The molecule has 1 atom stereocenters. The lowest BCUT2D eigenvalue weighted by Crippen LogP contribution is -2.21. The number of fused-ring (bicyclic) bond motifs is 1. The number of halogens is 1. The maximum atomic E-state index is 4.49. The standard InChI is InChI=1S/C16H18BrN3S/c1-3-8-20-16(12(17)10-19-20)15(18-2)14-9-11-6-4-5-7-13(11)21-14/h4-7,9-10,15,18H,3,8H2,1-2H3. The monoisotopic (exact) mass is 363 g/mol. The van der Waals surface area contributed by atoms with Gasteiger partial charge in [-0.15, -0.1) is 11.3 Å². The zero-order valence-electron chi connectivity index (χ0n) is 12.1. The van der Waals surface area contributed by atoms with Crippen molar-refractivity contribution in [2.24, 2.45) is 0 Å². The largest absolute Gasteiger partial charge is 0.307 e. The summed E-state index contributed by atoms with van der Waals surface area (Å²) in [5.41, 5.74) is 1.20. The van der Waals surface area contributed by atoms with Crippen LogP contribution in [0.25, 0.3) is 10.1 Å². The van der Waals surface area contributed by atoms with Crippen LogP contribution in [0.5, 0.6) is 0 Å². The average molecular weight is 364 g/mol. The van der Waals surface area contributed by atoms with Gasteiger partial charge in [-0.3, -0.25) is 4.68 Å². The SMILES string of the molecule is CCCn1ncc(Br)c1C(NC)c1cc2ccccc2s1. The summed E-state index contributed by atoms with van der Waals surface area (Å²) in [6.45, 7) is 3.11. The van der Waals surface area contributed by atoms with Crippen LogP contribution >= 0.6 is 27.3 Å². The second-order valence-corrected chi connectivity index (χ2v) is 6.98. The number of hydrogen-bond acceptors (Lipinski definition) is 3. The zero-order valence-corrected chi connectivity index (χ0v) is 14.5. The predicted octanol–water partition coefficient (Wildman–Crippen LogP) is 4.58. The molecule has 3 nitrogen and oxygen atoms in total. The van der Waals surface area contributed by atoms with E-state index < -0.39 is 0 Å². The average Bonchev–Trinajstić information content (AvgIpc) is 3.06. The van der Waals surface area contributed by atoms with Crippen molar-refractivity contribution in [2.75, 3.05) is 7.05 Å². The lowest BCUT2D eigenvalue weighted by Gasteiger charge is -2.17. The molecule has 0 aliphatic rings. The van der Waals surface area contributed by atoms with E-state index in [9.17, 15) is 0 Å². The van der Waals surface area contributed by atoms with Crippen molar-refractivity contribution >= 4 is 37.4 Å². The molecule has 2 heterocycles. The first-order chi connectivity index (χ1) is 10.2. The summed E-state index contributed by atoms with van der Waals surface area (Å²) < 4.78 is 4.48. The Balaban J connectivity index is 2.07. The van der Waals surface area contributed by atoms with Gasteiger partial charge in [0.25, 0.3) is 0 Å². The fourth-order valence-electron chi connectivity index (χ4n) is 2.61. The molecule has 1 aromatic carbocycles. The highest BCUT2D eigenvalue weighted by atomic mass is 79.9. The van der Waals surface area contributed by atoms with Gasteiger partial charge in [-0.2, -0.15) is 5.10 Å². The lowest BCUT2D eigenvalue weighted by atomic mass is 10.1. The van der Waals surface area contributed by atoms with Crippen molar-refractivity contribution in [3.05, 3.63) is 51.6 Å². The molecule has 0 saturated carbocycles. The number of hydrogen-bond donors (Lipinski definition) is 1. The van der Waals surface area contributed by atoms with Crippen LogP contribution in [0, 0.1) is 0 Å². The third-order valence-electron chi connectivity index (χ3n) is 3.56. The quantitative estimate of drug-likeness (QED) is 0.718. The van der Waals surface area contributed by atoms with Crippen molar-refractivity contribution in [3.63, 3.8) is 0 Å². The van der Waals surface area contributed by atoms with E-state index in [4.69, 9.17) is 0 Å². The van der Waals surface area contributed by atoms with E-state index >= 15 is 0 Å². The number of benzene rings is 1. The first kappa shape index (κ1) is 14.8. The Morgan fingerprint density at radius 1 is 1.38 bits per heavy atom. The fraction of sp³-hybridized carbons (Fsp3) is 0.312. The van der Waals surface area contributed by atoms with E-state index in [1.165, 1.54) is 20.7 Å². The topological polar surface area (TPSA) is 29.9 Å². The van der Waals surface area contributed by atoms with Gasteiger partial charge >= 0.3 is 0 Å². The molecule has 0 fully saturated rings. The van der Waals surface area contributed by atoms with Crippen LogP contribution in [0.4, 0.5) is 0 Å². The molecule has 5 heteroatoms. The first-order valence-electron chi connectivity index (χ1n) is 7.11. The highest BCUT2D eigenvalue weighted by molar-refractivity contribution is 9.10. The first-order valence-corrected chi connectivity index (χ1v) is 8.72. The molecule has 21 heavy (non-hydrogen) atoms. The smallest absolute Gasteiger partial charge is 0.0851 e. The number of thiophene rings is 1. The Morgan fingerprint density at radius 3 is 2.90 bits per heavy atom. The molecule has 0 aliphatic carbocycles. The van der Waals surface area contributed by atoms with Gasteiger partial charge in [0.15, 0.2) is 0 Å². The lowest BCUT2D eigenvalue weighted by molar-refractivity contribution is 0.536. The van der Waals surface area contributed by atoms with Gasteiger partial charge < -0.3 is 5.32 Å². The van der Waals surface area contributed by atoms with E-state index in [0.29, 0.717) is 0 Å². The highest BCUT2D eigenvalue weighted by Gasteiger charge is 2.22. The van der Waals surface area contributed by atoms with Gasteiger partial charge in [-0.25, -0.2) is 0 Å². The maximum Gasteiger partial charge on any atom is 0.0851 e. The second kappa shape index (κ2) is 6.30. The highest BCUT2D eigenvalue weighted by Crippen LogP contribution is 2.35. The normalized spacial score (nSPS) is 12.9. The third-order valence-corrected chi connectivity index (χ3v) is 5.35. The summed E-state index contributed by atoms with van der Waals surface area (Å²) in [5.74, 6) is 0. The number of rotatable bonds is 5. The molecular formula is C16H18BrN3S. The molecule has 3 rings (SSSR count). The third kappa shape index (κ3) is 2.78. The Labute approximate surface area is 137 Å². The summed E-state index contributed by atoms with van der Waals surface area (Å²) in [6.07, 6.45) is 2.96. The van der Waals surface area contributed by atoms with E-state index in [-0.39, 0.29) is 6.04 Å². The molecule has 0 bridgehead atoms. The summed E-state index contributed by atoms with van der Waals surface area (Å²) in [4.78, 5) is 1.32. The minimum atomic E-state index is 0.158. The van der Waals surface area contributed by atoms with Crippen molar-refractivity contribution in [1.82, 2.24) is 15.1 Å². The summed E-state index contributed by atoms with van der Waals surface area (Å²) >= 11 is 5.49. The zero-order chi connectivity index (χ0) is 14.8. The summed E-state index contributed by atoms with van der Waals surface area (Å²) in [7, 11) is 2.00. The van der Waals surface area contributed by atoms with Gasteiger partial charge in [0.05, 0.1) is 22.4 Å². The summed E-state index contributed by atoms with van der Waals surface area (Å²) in [6, 6.07) is 11.0. The van der Waals surface area contributed by atoms with Crippen LogP contribution < -0.4 is 5.32 Å². The van der Waals surface area contributed by atoms with Gasteiger partial charge in [-0.1, -0.05) is 25.1 Å². The van der Waals surface area contributed by atoms with Gasteiger partial charge in [0, 0.05) is 16.1 Å². The molecule has 0 aliphatic heterocycles. The van der Waals surface area contributed by atoms with Crippen molar-refractivity contribution < 1.29 is 0 Å². The number of nitrogens with zero attached hydrogens (tertiary/aromatic N) is 2. The number of nitrogens with one attached hydrogen (secondary N) is 1. The van der Waals surface area contributed by atoms with E-state index in [2.05, 4.69) is 68.3 Å². The van der Waals surface area contributed by atoms with Crippen molar-refractivity contribution in [2.45, 2.75) is 25.9 Å². The van der Waals surface area contributed by atoms with E-state index in [0.717, 1.165) is 17.4 Å². The molecule has 0 radical (unpaired) electrons. The Kier molecular flexibility index (Phi) is 4.42. The predicted molar refractivity (Wildman–Crippen MR) is 92.9 cm³/mol. The van der Waals surface area contributed by atoms with Crippen LogP contribution in [0.15, 0.2) is 41.0 Å². The molecule has 0 spiro atoms. The van der Waals surface area contributed by atoms with Gasteiger partial charge in [0.2, 0.25) is 0 Å². The Bertz CT molecular complexity index is 714. The number of aromatic nitrogens is 2. The van der Waals surface area contributed by atoms with Crippen LogP contribution in [0.2, 0.25) is 0 Å². The van der Waals surface area contributed by atoms with Crippen LogP contribution in [0.3, 0.4) is 0 Å². The summed E-state index contributed by atoms with van der Waals surface area (Å²) in [5, 5.41) is 9.23. The van der Waals surface area contributed by atoms with Crippen LogP contribution in [-0.2, 0) is 6.54 Å². The second-order valence-electron chi connectivity index (χ2n) is 5.01. The molecule has 110 valence electrons. The Hall–Kier alpha value is -1.17.